The molecule has 0 aromatic rings. The molecule has 0 spiro atoms. The molecule has 5 heteroatoms. The average molecular weight is 214 g/mol. The molecule has 5 heavy (non-hydrogen) atoms. The summed E-state index contributed by atoms with van der Waals surface area (Å²) in [6.45, 7) is 4.08. The largest absolute Gasteiger partial charge is 0.187 e. The highest BCUT2D eigenvalue weighted by Gasteiger charge is 1.76. The first-order valence-corrected chi connectivity index (χ1v) is 6.00. The third kappa shape index (κ3) is 5.72. The molecule has 0 bridgehead atoms. The van der Waals surface area contributed by atoms with E-state index in [-0.39, 0.29) is 0 Å². The lowest BCUT2D eigenvalue weighted by Crippen LogP contribution is -1.79. The van der Waals surface area contributed by atoms with Crippen molar-refractivity contribution in [1.29, 1.82) is 0 Å². The summed E-state index contributed by atoms with van der Waals surface area (Å²) in [5, 5.41) is 0. The van der Waals surface area contributed by atoms with Crippen LogP contribution < -0.4 is 0 Å². The van der Waals surface area contributed by atoms with Crippen molar-refractivity contribution in [1.82, 2.24) is 0 Å². The Bertz CT molecular complexity index is 15.1. The van der Waals surface area contributed by atoms with Gasteiger partial charge in [0.05, 0.1) is 0 Å². The van der Waals surface area contributed by atoms with Gasteiger partial charge in [0.2, 0.25) is 0 Å². The Kier molecular flexibility index (Phi) is 7.69. The third-order valence-electron chi connectivity index (χ3n) is 0.159. The number of hydrogen-bond acceptors (Lipinski definition) is 0. The van der Waals surface area contributed by atoms with Gasteiger partial charge in [-0.2, -0.15) is 9.12 Å². The Balaban J connectivity index is 2.19. The van der Waals surface area contributed by atoms with E-state index in [1.165, 1.54) is 0 Å². The minimum absolute atomic E-state index is 0.926. The summed E-state index contributed by atoms with van der Waals surface area (Å²) in [5.41, 5.74) is 0. The maximum Gasteiger partial charge on any atom is 0.117 e. The molecular weight excluding hydrogens is 210 g/mol. The molecule has 0 amide bonds. The van der Waals surface area contributed by atoms with Gasteiger partial charge in [0.25, 0.3) is 0 Å². The molecule has 26 valence electrons. The fraction of sp³-hybridized carbons (Fsp3) is 0. The van der Waals surface area contributed by atoms with Gasteiger partial charge in [-0.25, -0.2) is 0 Å². The first-order chi connectivity index (χ1) is 2.41. The van der Waals surface area contributed by atoms with Crippen LogP contribution in [-0.2, 0) is 0 Å². The molecule has 0 saturated carbocycles. The summed E-state index contributed by atoms with van der Waals surface area (Å²) in [6.07, 6.45) is 0.926. The summed E-state index contributed by atoms with van der Waals surface area (Å²) < 4.78 is 0. The van der Waals surface area contributed by atoms with Crippen molar-refractivity contribution in [3.8, 4) is 0 Å². The lowest BCUT2D eigenvalue weighted by Gasteiger charge is -1.72. The third-order valence-corrected chi connectivity index (χ3v) is 2.13. The van der Waals surface area contributed by atoms with Gasteiger partial charge in [-0.3, -0.25) is 0 Å². The molecule has 0 saturated heterocycles. The van der Waals surface area contributed by atoms with E-state index in [1.807, 2.05) is 6.89 Å². The molecule has 0 fully saturated rings. The van der Waals surface area contributed by atoms with Crippen molar-refractivity contribution in [3.63, 3.8) is 0 Å². The van der Waals surface area contributed by atoms with E-state index in [2.05, 4.69) is 38.0 Å². The van der Waals surface area contributed by atoms with E-state index in [1.54, 1.807) is 0 Å². The molecular formula is H3B2IP2. The second-order valence-electron chi connectivity index (χ2n) is 0.468. The van der Waals surface area contributed by atoms with Gasteiger partial charge in [0, 0.05) is 0 Å². The fourth-order valence-corrected chi connectivity index (χ4v) is 2.20. The molecule has 2 atom stereocenters. The normalized spacial score (nSPS) is 9.20. The minimum atomic E-state index is 0.926. The second-order valence-corrected chi connectivity index (χ2v) is 3.27. The zero-order valence-corrected chi connectivity index (χ0v) is 6.92. The molecule has 0 aliphatic carbocycles. The summed E-state index contributed by atoms with van der Waals surface area (Å²) in [5.74, 6) is 0. The van der Waals surface area contributed by atoms with Crippen LogP contribution >= 0.6 is 37.3 Å². The molecule has 0 aliphatic heterocycles. The maximum atomic E-state index is 2.52. The quantitative estimate of drug-likeness (QED) is 0.365. The van der Waals surface area contributed by atoms with E-state index in [0.29, 0.717) is 0 Å². The molecule has 0 N–H and O–H groups in total. The van der Waals surface area contributed by atoms with Crippen LogP contribution in [0, 0.1) is 0 Å². The van der Waals surface area contributed by atoms with E-state index in [4.69, 9.17) is 0 Å². The van der Waals surface area contributed by atoms with Crippen LogP contribution in [-0.4, -0.2) is 13.8 Å². The second kappa shape index (κ2) is 5.72. The zero-order chi connectivity index (χ0) is 4.12. The fourth-order valence-electron chi connectivity index (χ4n) is 0.0364. The summed E-state index contributed by atoms with van der Waals surface area (Å²) in [6, 6.07) is 0. The molecule has 0 aliphatic rings. The van der Waals surface area contributed by atoms with Crippen LogP contribution in [0.2, 0.25) is 0 Å². The predicted octanol–water partition coefficient (Wildman–Crippen LogP) is 1.04. The first-order valence-electron chi connectivity index (χ1n) is 1.14. The van der Waals surface area contributed by atoms with Crippen LogP contribution in [0.15, 0.2) is 0 Å². The SMILES string of the molecule is P[B][B]PI. The predicted molar refractivity (Wildman–Crippen MR) is 43.6 cm³/mol. The van der Waals surface area contributed by atoms with Gasteiger partial charge in [0.15, 0.2) is 0 Å². The van der Waals surface area contributed by atoms with E-state index >= 15 is 0 Å². The monoisotopic (exact) mass is 214 g/mol. The van der Waals surface area contributed by atoms with Crippen molar-refractivity contribution in [2.24, 2.45) is 0 Å². The summed E-state index contributed by atoms with van der Waals surface area (Å²) >= 11 is 2.32. The van der Waals surface area contributed by atoms with Crippen LogP contribution in [0.4, 0.5) is 0 Å². The molecule has 2 unspecified atom stereocenters. The van der Waals surface area contributed by atoms with Gasteiger partial charge in [-0.05, 0) is 0 Å². The van der Waals surface area contributed by atoms with Gasteiger partial charge in [-0.1, -0.05) is 22.0 Å². The highest BCUT2D eigenvalue weighted by Crippen LogP contribution is 2.16. The zero-order valence-electron chi connectivity index (χ0n) is 2.61. The van der Waals surface area contributed by atoms with Crippen molar-refractivity contribution >= 4 is 51.0 Å². The number of halogens is 1. The average Bonchev–Trinajstić information content (AvgIpc) is 1.41. The molecule has 0 nitrogen and oxygen atoms in total. The highest BCUT2D eigenvalue weighted by molar-refractivity contribution is 14.2. The number of rotatable bonds is 2. The lowest BCUT2D eigenvalue weighted by atomic mass is 9.76. The Hall–Kier alpha value is 1.72. The van der Waals surface area contributed by atoms with E-state index in [9.17, 15) is 0 Å². The molecule has 0 aromatic heterocycles. The van der Waals surface area contributed by atoms with E-state index in [0.717, 1.165) is 6.10 Å². The van der Waals surface area contributed by atoms with Crippen molar-refractivity contribution in [3.05, 3.63) is 0 Å². The highest BCUT2D eigenvalue weighted by atomic mass is 127. The van der Waals surface area contributed by atoms with Crippen LogP contribution in [0.25, 0.3) is 0 Å². The summed E-state index contributed by atoms with van der Waals surface area (Å²) in [7, 11) is 2.52. The Labute approximate surface area is 51.1 Å². The number of hydrogen-bond donors (Lipinski definition) is 0. The standard InChI is InChI=1S/B2H3IP2/c3-5-2-1-4/h5H,4H2. The lowest BCUT2D eigenvalue weighted by molar-refractivity contribution is 4.36. The molecule has 0 heterocycles. The molecule has 0 aromatic carbocycles. The van der Waals surface area contributed by atoms with Gasteiger partial charge in [-0.15, -0.1) is 6.10 Å². The van der Waals surface area contributed by atoms with Crippen molar-refractivity contribution in [2.45, 2.75) is 0 Å². The van der Waals surface area contributed by atoms with Gasteiger partial charge in [0.1, 0.15) is 13.8 Å². The topological polar surface area (TPSA) is 0 Å². The maximum absolute atomic E-state index is 2.52. The van der Waals surface area contributed by atoms with Crippen LogP contribution in [0.3, 0.4) is 0 Å². The molecule has 2 radical (unpaired) electrons. The summed E-state index contributed by atoms with van der Waals surface area (Å²) in [4.78, 5) is 0. The minimum Gasteiger partial charge on any atom is -0.187 e. The van der Waals surface area contributed by atoms with Gasteiger partial charge < -0.3 is 0 Å². The van der Waals surface area contributed by atoms with Crippen LogP contribution in [0.5, 0.6) is 0 Å². The van der Waals surface area contributed by atoms with Crippen molar-refractivity contribution in [2.75, 3.05) is 0 Å². The van der Waals surface area contributed by atoms with Gasteiger partial charge >= 0.3 is 0 Å². The first kappa shape index (κ1) is 6.72. The Morgan fingerprint density at radius 1 is 1.80 bits per heavy atom. The van der Waals surface area contributed by atoms with Crippen molar-refractivity contribution < 1.29 is 0 Å². The van der Waals surface area contributed by atoms with E-state index < -0.39 is 0 Å². The molecule has 0 rings (SSSR count). The smallest absolute Gasteiger partial charge is 0.117 e. The Morgan fingerprint density at radius 2 is 2.40 bits per heavy atom. The van der Waals surface area contributed by atoms with Crippen LogP contribution in [0.1, 0.15) is 0 Å². The Morgan fingerprint density at radius 3 is 2.40 bits per heavy atom.